The van der Waals surface area contributed by atoms with E-state index in [1.807, 2.05) is 121 Å². The number of thioether (sulfide) groups is 1. The van der Waals surface area contributed by atoms with E-state index in [2.05, 4.69) is 41.2 Å². The van der Waals surface area contributed by atoms with Gasteiger partial charge in [0.05, 0.1) is 24.6 Å². The fraction of sp³-hybridized carbons (Fsp3) is 0.296. The summed E-state index contributed by atoms with van der Waals surface area (Å²) in [5.41, 5.74) is 7.39. The largest absolute Gasteiger partial charge is 0.489 e. The topological polar surface area (TPSA) is 152 Å². The summed E-state index contributed by atoms with van der Waals surface area (Å²) in [6.45, 7) is 7.64. The summed E-state index contributed by atoms with van der Waals surface area (Å²) >= 11 is 1.56. The van der Waals surface area contributed by atoms with Crippen LogP contribution in [0, 0.1) is 5.92 Å². The third-order valence-electron chi connectivity index (χ3n) is 11.3. The number of hydrogen-bond acceptors (Lipinski definition) is 9. The molecule has 344 valence electrons. The highest BCUT2D eigenvalue weighted by Crippen LogP contribution is 2.44. The van der Waals surface area contributed by atoms with Crippen LogP contribution in [0.3, 0.4) is 0 Å². The zero-order valence-electron chi connectivity index (χ0n) is 37.1. The third kappa shape index (κ3) is 14.7. The highest BCUT2D eigenvalue weighted by atomic mass is 32.2. The van der Waals surface area contributed by atoms with Crippen LogP contribution < -0.4 is 20.7 Å². The van der Waals surface area contributed by atoms with E-state index in [0.717, 1.165) is 38.9 Å². The van der Waals surface area contributed by atoms with E-state index in [1.54, 1.807) is 23.9 Å². The lowest BCUT2D eigenvalue weighted by molar-refractivity contribution is -0.147. The lowest BCUT2D eigenvalue weighted by Gasteiger charge is -2.24. The second kappa shape index (κ2) is 25.8. The van der Waals surface area contributed by atoms with Crippen molar-refractivity contribution in [1.82, 2.24) is 16.0 Å². The molecule has 6 rings (SSSR count). The van der Waals surface area contributed by atoms with E-state index in [1.165, 1.54) is 0 Å². The zero-order valence-corrected chi connectivity index (χ0v) is 38.0. The number of hydrogen-bond donors (Lipinski definition) is 4. The monoisotopic (exact) mass is 909 g/mol. The minimum absolute atomic E-state index is 0.0833. The van der Waals surface area contributed by atoms with Gasteiger partial charge in [-0.25, -0.2) is 9.59 Å². The molecule has 0 unspecified atom stereocenters. The summed E-state index contributed by atoms with van der Waals surface area (Å²) in [6, 6.07) is 41.1. The Morgan fingerprint density at radius 2 is 1.33 bits per heavy atom. The average molecular weight is 910 g/mol. The summed E-state index contributed by atoms with van der Waals surface area (Å²) < 4.78 is 17.4. The molecule has 12 heteroatoms. The van der Waals surface area contributed by atoms with Gasteiger partial charge >= 0.3 is 12.1 Å². The highest BCUT2D eigenvalue weighted by molar-refractivity contribution is 7.98. The van der Waals surface area contributed by atoms with E-state index in [-0.39, 0.29) is 45.0 Å². The molecular weight excluding hydrogens is 851 g/mol. The number of aliphatic hydroxyl groups is 1. The maximum absolute atomic E-state index is 13.9. The van der Waals surface area contributed by atoms with Crippen molar-refractivity contribution in [3.8, 4) is 16.9 Å². The molecule has 1 aliphatic rings. The molecule has 66 heavy (non-hydrogen) atoms. The first-order valence-corrected chi connectivity index (χ1v) is 23.5. The van der Waals surface area contributed by atoms with Gasteiger partial charge in [0.2, 0.25) is 11.8 Å². The third-order valence-corrected chi connectivity index (χ3v) is 12.5. The Morgan fingerprint density at radius 3 is 1.97 bits per heavy atom. The second-order valence-electron chi connectivity index (χ2n) is 16.2. The van der Waals surface area contributed by atoms with Gasteiger partial charge < -0.3 is 35.3 Å². The van der Waals surface area contributed by atoms with Crippen molar-refractivity contribution in [1.29, 1.82) is 0 Å². The van der Waals surface area contributed by atoms with Crippen molar-refractivity contribution in [2.24, 2.45) is 5.92 Å². The van der Waals surface area contributed by atoms with Gasteiger partial charge in [-0.2, -0.15) is 11.8 Å². The highest BCUT2D eigenvalue weighted by Gasteiger charge is 2.31. The molecule has 0 saturated heterocycles. The Hall–Kier alpha value is -6.63. The van der Waals surface area contributed by atoms with Crippen LogP contribution in [0.15, 0.2) is 159 Å². The number of alkyl carbamates (subject to hydrolysis) is 1. The van der Waals surface area contributed by atoms with Crippen molar-refractivity contribution in [3.05, 3.63) is 187 Å². The lowest BCUT2D eigenvalue weighted by atomic mass is 9.98. The lowest BCUT2D eigenvalue weighted by Crippen LogP contribution is -2.47. The number of rotatable bonds is 26. The Labute approximate surface area is 392 Å². The normalized spacial score (nSPS) is 13.4. The van der Waals surface area contributed by atoms with Crippen LogP contribution in [0.1, 0.15) is 59.4 Å². The molecule has 4 atom stereocenters. The number of benzene rings is 5. The molecule has 0 radical (unpaired) electrons. The van der Waals surface area contributed by atoms with E-state index in [0.29, 0.717) is 36.7 Å². The van der Waals surface area contributed by atoms with Crippen molar-refractivity contribution in [2.75, 3.05) is 25.6 Å². The predicted molar refractivity (Wildman–Crippen MR) is 260 cm³/mol. The smallest absolute Gasteiger partial charge is 0.407 e. The number of allylic oxidation sites excluding steroid dienone is 2. The molecule has 4 N–H and O–H groups in total. The molecule has 0 bridgehead atoms. The van der Waals surface area contributed by atoms with Crippen LogP contribution in [0.4, 0.5) is 4.79 Å². The van der Waals surface area contributed by atoms with Gasteiger partial charge in [0.1, 0.15) is 31.6 Å². The van der Waals surface area contributed by atoms with Gasteiger partial charge in [-0.3, -0.25) is 9.59 Å². The number of nitrogens with one attached hydrogen (secondary N) is 3. The first-order valence-electron chi connectivity index (χ1n) is 22.3. The van der Waals surface area contributed by atoms with Crippen LogP contribution in [0.5, 0.6) is 5.75 Å². The number of carbonyl (C=O) groups is 4. The van der Waals surface area contributed by atoms with Crippen LogP contribution >= 0.6 is 11.8 Å². The van der Waals surface area contributed by atoms with Crippen molar-refractivity contribution < 1.29 is 38.5 Å². The Morgan fingerprint density at radius 1 is 0.697 bits per heavy atom. The van der Waals surface area contributed by atoms with Gasteiger partial charge in [-0.05, 0) is 76.8 Å². The maximum Gasteiger partial charge on any atom is 0.407 e. The van der Waals surface area contributed by atoms with Crippen molar-refractivity contribution in [3.63, 3.8) is 0 Å². The zero-order chi connectivity index (χ0) is 46.5. The molecule has 3 amide bonds. The second-order valence-corrected chi connectivity index (χ2v) is 17.2. The van der Waals surface area contributed by atoms with Crippen LogP contribution in [0.25, 0.3) is 11.1 Å². The molecular formula is C54H59N3O8S. The summed E-state index contributed by atoms with van der Waals surface area (Å²) in [6.07, 6.45) is 3.57. The van der Waals surface area contributed by atoms with Crippen molar-refractivity contribution in [2.45, 2.75) is 68.5 Å². The molecule has 0 aromatic heterocycles. The van der Waals surface area contributed by atoms with Gasteiger partial charge in [0, 0.05) is 23.8 Å². The fourth-order valence-electron chi connectivity index (χ4n) is 7.85. The van der Waals surface area contributed by atoms with Gasteiger partial charge in [-0.15, -0.1) is 13.2 Å². The average Bonchev–Trinajstić information content (AvgIpc) is 3.67. The van der Waals surface area contributed by atoms with E-state index >= 15 is 0 Å². The minimum Gasteiger partial charge on any atom is -0.489 e. The fourth-order valence-corrected chi connectivity index (χ4v) is 8.86. The Balaban J connectivity index is 1.03. The molecule has 0 spiro atoms. The molecule has 0 heterocycles. The number of ether oxygens (including phenoxy) is 3. The van der Waals surface area contributed by atoms with E-state index in [9.17, 15) is 24.3 Å². The summed E-state index contributed by atoms with van der Waals surface area (Å²) in [5, 5.41) is 18.8. The van der Waals surface area contributed by atoms with E-state index in [4.69, 9.17) is 14.2 Å². The predicted octanol–water partition coefficient (Wildman–Crippen LogP) is 8.70. The van der Waals surface area contributed by atoms with Crippen molar-refractivity contribution >= 4 is 35.6 Å². The summed E-state index contributed by atoms with van der Waals surface area (Å²) in [7, 11) is 0. The quantitative estimate of drug-likeness (QED) is 0.0316. The van der Waals surface area contributed by atoms with Crippen LogP contribution in [-0.2, 0) is 42.6 Å². The molecule has 0 aliphatic heterocycles. The number of esters is 1. The maximum atomic E-state index is 13.9. The molecule has 5 aromatic carbocycles. The number of aliphatic hydroxyl groups excluding tert-OH is 1. The van der Waals surface area contributed by atoms with Gasteiger partial charge in [0.25, 0.3) is 0 Å². The van der Waals surface area contributed by atoms with Crippen LogP contribution in [0.2, 0.25) is 0 Å². The molecule has 5 aromatic rings. The molecule has 0 fully saturated rings. The first-order chi connectivity index (χ1) is 32.2. The number of fused-ring (bicyclic) bond motifs is 3. The van der Waals surface area contributed by atoms with Gasteiger partial charge in [-0.1, -0.05) is 133 Å². The SMILES string of the molecule is C=CCC[C@H](NC(=O)OCC1c2ccccc2-c2ccccc21)C(=O)OC[C@H](CSCc1ccccc1)NC(=O)[C@H](CC=C)CC(=O)N[C@H](CO)Cc1ccc(OCc2ccccc2)cc1. The summed E-state index contributed by atoms with van der Waals surface area (Å²) in [5.74, 6) is -0.670. The first kappa shape index (κ1) is 48.8. The Bertz CT molecular complexity index is 2320. The molecule has 1 aliphatic carbocycles. The van der Waals surface area contributed by atoms with E-state index < -0.39 is 47.9 Å². The molecule has 0 saturated carbocycles. The standard InChI is InChI=1S/C54H59N3O8S/c1-3-5-25-50(57-54(62)65-35-49-47-23-14-12-21-45(47)46-22-13-15-24-48(46)49)53(61)64-34-43(37-66-36-40-19-10-7-11-20-40)56-52(60)41(16-4-2)31-51(59)55-42(32-58)30-38-26-28-44(29-27-38)63-33-39-17-8-6-9-18-39/h3-4,6-15,17-24,26-29,41-43,49-50,58H,1-2,5,16,25,30-37H2,(H,55,59)(H,56,60)(H,57,62)/t41-,42+,43-,50+/m1/s1. The minimum atomic E-state index is -1.03. The molecule has 11 nitrogen and oxygen atoms in total. The number of amides is 3. The van der Waals surface area contributed by atoms with Crippen LogP contribution in [-0.4, -0.2) is 72.7 Å². The van der Waals surface area contributed by atoms with Gasteiger partial charge in [0.15, 0.2) is 0 Å². The Kier molecular flexibility index (Phi) is 19.0. The number of carbonyl (C=O) groups excluding carboxylic acids is 4. The summed E-state index contributed by atoms with van der Waals surface area (Å²) in [4.78, 5) is 54.2.